The van der Waals surface area contributed by atoms with Gasteiger partial charge in [-0.15, -0.1) is 0 Å². The van der Waals surface area contributed by atoms with E-state index in [1.165, 1.54) is 6.33 Å². The SMILES string of the molecule is CCOc1ncnc(NCC(=O)NC2CC2)c1C. The van der Waals surface area contributed by atoms with Crippen LogP contribution >= 0.6 is 0 Å². The van der Waals surface area contributed by atoms with E-state index in [0.29, 0.717) is 24.3 Å². The molecule has 98 valence electrons. The highest BCUT2D eigenvalue weighted by molar-refractivity contribution is 5.81. The molecular formula is C12H18N4O2. The second kappa shape index (κ2) is 5.66. The van der Waals surface area contributed by atoms with Gasteiger partial charge in [0.15, 0.2) is 0 Å². The summed E-state index contributed by atoms with van der Waals surface area (Å²) < 4.78 is 5.37. The molecule has 0 spiro atoms. The fraction of sp³-hybridized carbons (Fsp3) is 0.583. The van der Waals surface area contributed by atoms with Crippen LogP contribution < -0.4 is 15.4 Å². The normalized spacial score (nSPS) is 14.1. The zero-order chi connectivity index (χ0) is 13.0. The molecule has 2 rings (SSSR count). The van der Waals surface area contributed by atoms with Crippen LogP contribution in [0.4, 0.5) is 5.82 Å². The summed E-state index contributed by atoms with van der Waals surface area (Å²) in [6, 6.07) is 0.379. The first-order valence-corrected chi connectivity index (χ1v) is 6.18. The number of nitrogens with zero attached hydrogens (tertiary/aromatic N) is 2. The summed E-state index contributed by atoms with van der Waals surface area (Å²) in [6.45, 7) is 4.54. The van der Waals surface area contributed by atoms with Gasteiger partial charge in [0, 0.05) is 6.04 Å². The Morgan fingerprint density at radius 2 is 2.28 bits per heavy atom. The number of nitrogens with one attached hydrogen (secondary N) is 2. The molecule has 6 heteroatoms. The molecule has 0 radical (unpaired) electrons. The summed E-state index contributed by atoms with van der Waals surface area (Å²) in [5.41, 5.74) is 0.818. The minimum atomic E-state index is -0.00604. The van der Waals surface area contributed by atoms with Crippen LogP contribution in [0.3, 0.4) is 0 Å². The van der Waals surface area contributed by atoms with E-state index in [2.05, 4.69) is 20.6 Å². The van der Waals surface area contributed by atoms with Crippen LogP contribution in [0.1, 0.15) is 25.3 Å². The Labute approximate surface area is 106 Å². The van der Waals surface area contributed by atoms with Crippen LogP contribution in [0.2, 0.25) is 0 Å². The molecular weight excluding hydrogens is 232 g/mol. The second-order valence-electron chi connectivity index (χ2n) is 4.28. The lowest BCUT2D eigenvalue weighted by Crippen LogP contribution is -2.31. The lowest BCUT2D eigenvalue weighted by atomic mass is 10.3. The van der Waals surface area contributed by atoms with Gasteiger partial charge in [-0.25, -0.2) is 9.97 Å². The smallest absolute Gasteiger partial charge is 0.239 e. The van der Waals surface area contributed by atoms with Gasteiger partial charge in [0.05, 0.1) is 18.7 Å². The maximum Gasteiger partial charge on any atom is 0.239 e. The van der Waals surface area contributed by atoms with Crippen LogP contribution in [0.25, 0.3) is 0 Å². The summed E-state index contributed by atoms with van der Waals surface area (Å²) >= 11 is 0. The predicted octanol–water partition coefficient (Wildman–Crippen LogP) is 0.874. The van der Waals surface area contributed by atoms with E-state index in [-0.39, 0.29) is 12.5 Å². The Bertz CT molecular complexity index is 432. The van der Waals surface area contributed by atoms with Crippen LogP contribution in [-0.4, -0.2) is 35.1 Å². The fourth-order valence-corrected chi connectivity index (χ4v) is 1.56. The molecule has 0 atom stereocenters. The number of carbonyl (C=O) groups excluding carboxylic acids is 1. The van der Waals surface area contributed by atoms with Crippen molar-refractivity contribution in [2.45, 2.75) is 32.7 Å². The maximum absolute atomic E-state index is 11.5. The average molecular weight is 250 g/mol. The summed E-state index contributed by atoms with van der Waals surface area (Å²) in [5.74, 6) is 1.19. The van der Waals surface area contributed by atoms with E-state index in [9.17, 15) is 4.79 Å². The van der Waals surface area contributed by atoms with Crippen molar-refractivity contribution in [3.8, 4) is 5.88 Å². The highest BCUT2D eigenvalue weighted by atomic mass is 16.5. The third-order valence-electron chi connectivity index (χ3n) is 2.68. The molecule has 6 nitrogen and oxygen atoms in total. The standard InChI is InChI=1S/C12H18N4O2/c1-3-18-12-8(2)11(14-7-15-12)13-6-10(17)16-9-4-5-9/h7,9H,3-6H2,1-2H3,(H,16,17)(H,13,14,15). The number of amides is 1. The number of aromatic nitrogens is 2. The van der Waals surface area contributed by atoms with Gasteiger partial charge >= 0.3 is 0 Å². The molecule has 1 heterocycles. The van der Waals surface area contributed by atoms with E-state index in [1.807, 2.05) is 13.8 Å². The van der Waals surface area contributed by atoms with Crippen LogP contribution in [0.15, 0.2) is 6.33 Å². The fourth-order valence-electron chi connectivity index (χ4n) is 1.56. The van der Waals surface area contributed by atoms with Crippen LogP contribution in [0.5, 0.6) is 5.88 Å². The van der Waals surface area contributed by atoms with Crippen molar-refractivity contribution in [3.05, 3.63) is 11.9 Å². The molecule has 0 bridgehead atoms. The third-order valence-corrected chi connectivity index (χ3v) is 2.68. The van der Waals surface area contributed by atoms with Gasteiger partial charge in [0.25, 0.3) is 0 Å². The minimum Gasteiger partial charge on any atom is -0.478 e. The number of anilines is 1. The van der Waals surface area contributed by atoms with E-state index >= 15 is 0 Å². The monoisotopic (exact) mass is 250 g/mol. The quantitative estimate of drug-likeness (QED) is 0.783. The molecule has 2 N–H and O–H groups in total. The first kappa shape index (κ1) is 12.6. The molecule has 0 saturated heterocycles. The van der Waals surface area contributed by atoms with Crippen molar-refractivity contribution in [3.63, 3.8) is 0 Å². The molecule has 1 saturated carbocycles. The predicted molar refractivity (Wildman–Crippen MR) is 67.6 cm³/mol. The van der Waals surface area contributed by atoms with Gasteiger partial charge in [0.1, 0.15) is 12.1 Å². The lowest BCUT2D eigenvalue weighted by Gasteiger charge is -2.11. The Morgan fingerprint density at radius 3 is 2.94 bits per heavy atom. The molecule has 1 aliphatic carbocycles. The molecule has 1 aromatic heterocycles. The summed E-state index contributed by atoms with van der Waals surface area (Å²) in [4.78, 5) is 19.7. The Hall–Kier alpha value is -1.85. The number of rotatable bonds is 6. The van der Waals surface area contributed by atoms with Crippen molar-refractivity contribution < 1.29 is 9.53 Å². The number of ether oxygens (including phenoxy) is 1. The van der Waals surface area contributed by atoms with Crippen LogP contribution in [-0.2, 0) is 4.79 Å². The molecule has 1 fully saturated rings. The largest absolute Gasteiger partial charge is 0.478 e. The first-order valence-electron chi connectivity index (χ1n) is 6.18. The molecule has 1 aromatic rings. The Balaban J connectivity index is 1.91. The number of hydrogen-bond acceptors (Lipinski definition) is 5. The van der Waals surface area contributed by atoms with Crippen molar-refractivity contribution in [2.75, 3.05) is 18.5 Å². The lowest BCUT2D eigenvalue weighted by molar-refractivity contribution is -0.119. The molecule has 18 heavy (non-hydrogen) atoms. The third kappa shape index (κ3) is 3.32. The summed E-state index contributed by atoms with van der Waals surface area (Å²) in [6.07, 6.45) is 3.61. The number of carbonyl (C=O) groups is 1. The van der Waals surface area contributed by atoms with Crippen molar-refractivity contribution in [1.29, 1.82) is 0 Å². The van der Waals surface area contributed by atoms with Crippen LogP contribution in [0, 0.1) is 6.92 Å². The van der Waals surface area contributed by atoms with E-state index in [0.717, 1.165) is 18.4 Å². The van der Waals surface area contributed by atoms with Gasteiger partial charge in [0.2, 0.25) is 11.8 Å². The maximum atomic E-state index is 11.5. The highest BCUT2D eigenvalue weighted by Crippen LogP contribution is 2.20. The summed E-state index contributed by atoms with van der Waals surface area (Å²) in [7, 11) is 0. The zero-order valence-electron chi connectivity index (χ0n) is 10.7. The van der Waals surface area contributed by atoms with Gasteiger partial charge in [-0.1, -0.05) is 0 Å². The molecule has 0 aromatic carbocycles. The topological polar surface area (TPSA) is 76.1 Å². The first-order chi connectivity index (χ1) is 8.70. The van der Waals surface area contributed by atoms with Crippen molar-refractivity contribution in [1.82, 2.24) is 15.3 Å². The average Bonchev–Trinajstić information content (AvgIpc) is 3.14. The van der Waals surface area contributed by atoms with Crippen molar-refractivity contribution in [2.24, 2.45) is 0 Å². The highest BCUT2D eigenvalue weighted by Gasteiger charge is 2.23. The van der Waals surface area contributed by atoms with Crippen molar-refractivity contribution >= 4 is 11.7 Å². The Kier molecular flexibility index (Phi) is 3.96. The van der Waals surface area contributed by atoms with Gasteiger partial charge in [-0.3, -0.25) is 4.79 Å². The zero-order valence-corrected chi connectivity index (χ0v) is 10.7. The molecule has 1 amide bonds. The Morgan fingerprint density at radius 1 is 1.50 bits per heavy atom. The van der Waals surface area contributed by atoms with E-state index in [1.54, 1.807) is 0 Å². The summed E-state index contributed by atoms with van der Waals surface area (Å²) in [5, 5.41) is 5.91. The number of hydrogen-bond donors (Lipinski definition) is 2. The molecule has 0 unspecified atom stereocenters. The van der Waals surface area contributed by atoms with E-state index in [4.69, 9.17) is 4.74 Å². The van der Waals surface area contributed by atoms with E-state index < -0.39 is 0 Å². The minimum absolute atomic E-state index is 0.00604. The molecule has 1 aliphatic rings. The van der Waals surface area contributed by atoms with Gasteiger partial charge in [-0.2, -0.15) is 0 Å². The molecule has 0 aliphatic heterocycles. The van der Waals surface area contributed by atoms with Gasteiger partial charge in [-0.05, 0) is 26.7 Å². The van der Waals surface area contributed by atoms with Gasteiger partial charge < -0.3 is 15.4 Å². The second-order valence-corrected chi connectivity index (χ2v) is 4.28.